The lowest BCUT2D eigenvalue weighted by Gasteiger charge is -1.84. The molecule has 0 N–H and O–H groups in total. The molecule has 0 bridgehead atoms. The molecule has 3 heteroatoms. The number of hydrogen-bond acceptors (Lipinski definition) is 2. The van der Waals surface area contributed by atoms with Crippen molar-refractivity contribution in [2.24, 2.45) is 0 Å². The van der Waals surface area contributed by atoms with Crippen molar-refractivity contribution < 1.29 is 0 Å². The molecule has 9 heavy (non-hydrogen) atoms. The topological polar surface area (TPSA) is 30.2 Å². The Labute approximate surface area is 52.0 Å². The molecule has 0 aliphatic rings. The van der Waals surface area contributed by atoms with E-state index in [0.29, 0.717) is 0 Å². The van der Waals surface area contributed by atoms with Crippen molar-refractivity contribution in [1.82, 2.24) is 14.4 Å². The van der Waals surface area contributed by atoms with E-state index in [9.17, 15) is 0 Å². The summed E-state index contributed by atoms with van der Waals surface area (Å²) in [5.74, 6) is 0. The van der Waals surface area contributed by atoms with Gasteiger partial charge < -0.3 is 0 Å². The monoisotopic (exact) mass is 118 g/mol. The van der Waals surface area contributed by atoms with E-state index in [0.717, 1.165) is 5.52 Å². The fourth-order valence-electron chi connectivity index (χ4n) is 0.718. The van der Waals surface area contributed by atoms with E-state index in [4.69, 9.17) is 0 Å². The molecule has 2 rings (SSSR count). The Bertz CT molecular complexity index is 282. The predicted octanol–water partition coefficient (Wildman–Crippen LogP) is 0.529. The molecule has 0 fully saturated rings. The molecule has 0 aliphatic carbocycles. The Morgan fingerprint density at radius 1 is 1.33 bits per heavy atom. The normalized spacial score (nSPS) is 10.2. The zero-order valence-corrected chi connectivity index (χ0v) is 4.65. The molecule has 0 aromatic carbocycles. The Morgan fingerprint density at radius 3 is 3.11 bits per heavy atom. The van der Waals surface area contributed by atoms with Crippen LogP contribution in [0.15, 0.2) is 24.9 Å². The molecule has 2 aromatic rings. The molecule has 43 valence electrons. The third-order valence-corrected chi connectivity index (χ3v) is 1.15. The van der Waals surface area contributed by atoms with Gasteiger partial charge in [-0.25, -0.2) is 4.98 Å². The maximum Gasteiger partial charge on any atom is 0.0998 e. The quantitative estimate of drug-likeness (QED) is 0.505. The predicted molar refractivity (Wildman–Crippen MR) is 31.8 cm³/mol. The van der Waals surface area contributed by atoms with Gasteiger partial charge in [0, 0.05) is 0 Å². The summed E-state index contributed by atoms with van der Waals surface area (Å²) in [6, 6.07) is 0. The summed E-state index contributed by atoms with van der Waals surface area (Å²) in [6.45, 7) is 0. The van der Waals surface area contributed by atoms with E-state index in [-0.39, 0.29) is 0 Å². The standard InChI is InChI=1S/C6H4N3/c1-2-9-5-8-4-6(9)3-7-1/h1,3-5H. The van der Waals surface area contributed by atoms with Crippen LogP contribution in [-0.2, 0) is 0 Å². The first kappa shape index (κ1) is 4.49. The molecule has 0 amide bonds. The lowest BCUT2D eigenvalue weighted by molar-refractivity contribution is 1.10. The number of imidazole rings is 1. The highest BCUT2D eigenvalue weighted by atomic mass is 15.0. The third kappa shape index (κ3) is 0.579. The van der Waals surface area contributed by atoms with E-state index < -0.39 is 0 Å². The highest BCUT2D eigenvalue weighted by Gasteiger charge is 1.87. The highest BCUT2D eigenvalue weighted by Crippen LogP contribution is 1.94. The van der Waals surface area contributed by atoms with Crippen LogP contribution in [0.3, 0.4) is 0 Å². The summed E-state index contributed by atoms with van der Waals surface area (Å²) in [7, 11) is 0. The van der Waals surface area contributed by atoms with Crippen LogP contribution in [0.4, 0.5) is 0 Å². The van der Waals surface area contributed by atoms with Crippen LogP contribution in [-0.4, -0.2) is 14.4 Å². The number of nitrogens with zero attached hydrogens (tertiary/aromatic N) is 3. The molecule has 0 spiro atoms. The van der Waals surface area contributed by atoms with Gasteiger partial charge in [0.1, 0.15) is 0 Å². The third-order valence-electron chi connectivity index (χ3n) is 1.15. The van der Waals surface area contributed by atoms with Gasteiger partial charge in [0.25, 0.3) is 0 Å². The number of fused-ring (bicyclic) bond motifs is 1. The molecule has 0 unspecified atom stereocenters. The second kappa shape index (κ2) is 1.55. The van der Waals surface area contributed by atoms with Crippen LogP contribution >= 0.6 is 0 Å². The van der Waals surface area contributed by atoms with Crippen LogP contribution in [0.2, 0.25) is 0 Å². The Kier molecular flexibility index (Phi) is 0.773. The fraction of sp³-hybridized carbons (Fsp3) is 0. The van der Waals surface area contributed by atoms with Gasteiger partial charge in [-0.05, 0) is 0 Å². The average Bonchev–Trinajstić information content (AvgIpc) is 2.33. The summed E-state index contributed by atoms with van der Waals surface area (Å²) in [6.07, 6.45) is 9.65. The molecule has 2 aromatic heterocycles. The lowest BCUT2D eigenvalue weighted by Crippen LogP contribution is -1.80. The summed E-state index contributed by atoms with van der Waals surface area (Å²) in [4.78, 5) is 7.76. The summed E-state index contributed by atoms with van der Waals surface area (Å²) < 4.78 is 1.78. The molecule has 3 nitrogen and oxygen atoms in total. The summed E-state index contributed by atoms with van der Waals surface area (Å²) in [5.41, 5.74) is 0.970. The summed E-state index contributed by atoms with van der Waals surface area (Å²) in [5, 5.41) is 0. The van der Waals surface area contributed by atoms with Gasteiger partial charge in [-0.2, -0.15) is 0 Å². The molecule has 0 aliphatic heterocycles. The molecule has 1 radical (unpaired) electrons. The van der Waals surface area contributed by atoms with Gasteiger partial charge >= 0.3 is 0 Å². The van der Waals surface area contributed by atoms with E-state index in [1.54, 1.807) is 29.3 Å². The maximum absolute atomic E-state index is 3.89. The zero-order valence-electron chi connectivity index (χ0n) is 4.65. The molecule has 0 saturated heterocycles. The minimum Gasteiger partial charge on any atom is -0.294 e. The Hall–Kier alpha value is -1.38. The Morgan fingerprint density at radius 2 is 2.22 bits per heavy atom. The van der Waals surface area contributed by atoms with Crippen molar-refractivity contribution in [1.29, 1.82) is 0 Å². The van der Waals surface area contributed by atoms with Gasteiger partial charge in [0.05, 0.1) is 36.6 Å². The highest BCUT2D eigenvalue weighted by molar-refractivity contribution is 5.40. The zero-order chi connectivity index (χ0) is 6.10. The van der Waals surface area contributed by atoms with Crippen molar-refractivity contribution in [2.45, 2.75) is 0 Å². The number of rotatable bonds is 0. The molecular formula is C6H4N3. The van der Waals surface area contributed by atoms with Crippen molar-refractivity contribution in [3.05, 3.63) is 31.1 Å². The summed E-state index contributed by atoms with van der Waals surface area (Å²) >= 11 is 0. The van der Waals surface area contributed by atoms with Crippen molar-refractivity contribution >= 4 is 5.52 Å². The van der Waals surface area contributed by atoms with Crippen LogP contribution in [0.5, 0.6) is 0 Å². The average molecular weight is 118 g/mol. The van der Waals surface area contributed by atoms with Crippen LogP contribution in [0, 0.1) is 6.20 Å². The molecule has 2 heterocycles. The smallest absolute Gasteiger partial charge is 0.0998 e. The van der Waals surface area contributed by atoms with Crippen molar-refractivity contribution in [3.8, 4) is 0 Å². The van der Waals surface area contributed by atoms with Gasteiger partial charge in [-0.15, -0.1) is 0 Å². The van der Waals surface area contributed by atoms with E-state index >= 15 is 0 Å². The second-order valence-electron chi connectivity index (χ2n) is 1.72. The first-order valence-electron chi connectivity index (χ1n) is 2.60. The van der Waals surface area contributed by atoms with E-state index in [1.165, 1.54) is 0 Å². The van der Waals surface area contributed by atoms with Crippen LogP contribution in [0.1, 0.15) is 0 Å². The van der Waals surface area contributed by atoms with Crippen LogP contribution < -0.4 is 0 Å². The van der Waals surface area contributed by atoms with Gasteiger partial charge in [0.2, 0.25) is 0 Å². The fourth-order valence-corrected chi connectivity index (χ4v) is 0.718. The molecular weight excluding hydrogens is 114 g/mol. The van der Waals surface area contributed by atoms with Gasteiger partial charge in [-0.3, -0.25) is 9.38 Å². The first-order valence-corrected chi connectivity index (χ1v) is 2.60. The number of hydrogen-bond donors (Lipinski definition) is 0. The SMILES string of the molecule is [c]1cncc2cncn12. The van der Waals surface area contributed by atoms with Gasteiger partial charge in [-0.1, -0.05) is 0 Å². The lowest BCUT2D eigenvalue weighted by atomic mass is 10.6. The second-order valence-corrected chi connectivity index (χ2v) is 1.72. The van der Waals surface area contributed by atoms with E-state index in [1.807, 2.05) is 0 Å². The molecule has 0 saturated carbocycles. The minimum absolute atomic E-state index is 0.970. The Balaban J connectivity index is 2.95. The maximum atomic E-state index is 3.89. The van der Waals surface area contributed by atoms with Crippen molar-refractivity contribution in [3.63, 3.8) is 0 Å². The molecule has 0 atom stereocenters. The minimum atomic E-state index is 0.970. The number of aromatic nitrogens is 3. The van der Waals surface area contributed by atoms with Crippen molar-refractivity contribution in [2.75, 3.05) is 0 Å². The largest absolute Gasteiger partial charge is 0.294 e. The van der Waals surface area contributed by atoms with Gasteiger partial charge in [0.15, 0.2) is 0 Å². The van der Waals surface area contributed by atoms with E-state index in [2.05, 4.69) is 16.2 Å². The van der Waals surface area contributed by atoms with Crippen LogP contribution in [0.25, 0.3) is 5.52 Å². The first-order chi connectivity index (χ1) is 4.47.